The van der Waals surface area contributed by atoms with E-state index in [0.29, 0.717) is 39.1 Å². The van der Waals surface area contributed by atoms with Crippen molar-refractivity contribution in [2.75, 3.05) is 13.7 Å². The molecule has 0 aliphatic carbocycles. The molecule has 1 unspecified atom stereocenters. The van der Waals surface area contributed by atoms with E-state index in [2.05, 4.69) is 31.9 Å². The molecule has 7 N–H and O–H groups in total. The van der Waals surface area contributed by atoms with Crippen molar-refractivity contribution in [3.05, 3.63) is 160 Å². The van der Waals surface area contributed by atoms with Gasteiger partial charge < -0.3 is 56.0 Å². The van der Waals surface area contributed by atoms with E-state index in [1.807, 2.05) is 42.5 Å². The minimum Gasteiger partial charge on any atom is -0.489 e. The lowest BCUT2D eigenvalue weighted by molar-refractivity contribution is -0.144. The summed E-state index contributed by atoms with van der Waals surface area (Å²) in [4.78, 5) is 95.0. The molecule has 0 fully saturated rings. The van der Waals surface area contributed by atoms with Gasteiger partial charge in [-0.1, -0.05) is 115 Å². The smallest absolute Gasteiger partial charge is 0.408 e. The highest BCUT2D eigenvalue weighted by Gasteiger charge is 2.34. The van der Waals surface area contributed by atoms with Crippen LogP contribution in [0.2, 0.25) is 5.02 Å². The number of carbonyl (C=O) groups is 7. The molecule has 5 aromatic carbocycles. The topological polar surface area (TPSA) is 249 Å². The molecule has 0 saturated heterocycles. The first-order valence-corrected chi connectivity index (χ1v) is 23.5. The summed E-state index contributed by atoms with van der Waals surface area (Å²) in [5, 5.41) is 27.1. The molecule has 0 saturated carbocycles. The zero-order valence-corrected chi connectivity index (χ0v) is 40.6. The summed E-state index contributed by atoms with van der Waals surface area (Å²) in [6.07, 6.45) is -4.29. The number of nitrogens with one attached hydrogen (secondary N) is 6. The Hall–Kier alpha value is -7.96. The number of benzene rings is 5. The first-order chi connectivity index (χ1) is 34.6. The maximum Gasteiger partial charge on any atom is 0.408 e. The van der Waals surface area contributed by atoms with Gasteiger partial charge in [0.05, 0.1) is 13.2 Å². The van der Waals surface area contributed by atoms with E-state index in [1.54, 1.807) is 84.9 Å². The summed E-state index contributed by atoms with van der Waals surface area (Å²) in [5.41, 5.74) is 4.41. The Bertz CT molecular complexity index is 2680. The molecule has 19 heteroatoms. The molecule has 72 heavy (non-hydrogen) atoms. The second-order valence-electron chi connectivity index (χ2n) is 17.0. The SMILES string of the molecule is COC(=O)[C@H](C)NC(=O)C(C)NC(=O)[C@@H]1Cc2cc(ccc2Cl)-c2ccc(OCc3ccccc3)c(c2)C[C@H](NC(=O)OCc2ccccc2)C(=O)N[C@@H](C[C@@H](O)CNC(=O)OCc2ccccc2)C(=O)N1. The van der Waals surface area contributed by atoms with Crippen LogP contribution in [0.1, 0.15) is 48.1 Å². The number of esters is 1. The third-order valence-corrected chi connectivity index (χ3v) is 11.8. The van der Waals surface area contributed by atoms with Gasteiger partial charge in [-0.2, -0.15) is 0 Å². The van der Waals surface area contributed by atoms with Crippen LogP contribution in [0.25, 0.3) is 11.1 Å². The summed E-state index contributed by atoms with van der Waals surface area (Å²) in [7, 11) is 1.16. The molecule has 4 bridgehead atoms. The van der Waals surface area contributed by atoms with Gasteiger partial charge in [-0.05, 0) is 77.1 Å². The second-order valence-corrected chi connectivity index (χ2v) is 17.4. The highest BCUT2D eigenvalue weighted by molar-refractivity contribution is 6.31. The molecular weight excluding hydrogens is 948 g/mol. The number of amides is 6. The van der Waals surface area contributed by atoms with Crippen LogP contribution < -0.4 is 36.6 Å². The fourth-order valence-corrected chi connectivity index (χ4v) is 7.73. The lowest BCUT2D eigenvalue weighted by atomic mass is 9.95. The van der Waals surface area contributed by atoms with E-state index < -0.39 is 91.1 Å². The highest BCUT2D eigenvalue weighted by Crippen LogP contribution is 2.32. The maximum absolute atomic E-state index is 14.7. The zero-order chi connectivity index (χ0) is 51.6. The van der Waals surface area contributed by atoms with Crippen LogP contribution in [0.5, 0.6) is 5.75 Å². The van der Waals surface area contributed by atoms with Crippen molar-refractivity contribution in [1.29, 1.82) is 0 Å². The number of methoxy groups -OCH3 is 1. The third kappa shape index (κ3) is 16.0. The molecule has 0 aromatic heterocycles. The number of halogens is 1. The van der Waals surface area contributed by atoms with Crippen LogP contribution in [-0.2, 0) is 70.8 Å². The van der Waals surface area contributed by atoms with Crippen molar-refractivity contribution in [3.8, 4) is 16.9 Å². The van der Waals surface area contributed by atoms with E-state index in [4.69, 9.17) is 30.5 Å². The summed E-state index contributed by atoms with van der Waals surface area (Å²) in [6.45, 7) is 2.31. The molecule has 378 valence electrons. The summed E-state index contributed by atoms with van der Waals surface area (Å²) < 4.78 is 21.8. The van der Waals surface area contributed by atoms with Gasteiger partial charge >= 0.3 is 18.2 Å². The molecule has 0 radical (unpaired) electrons. The maximum atomic E-state index is 14.7. The van der Waals surface area contributed by atoms with Crippen LogP contribution >= 0.6 is 11.6 Å². The second kappa shape index (κ2) is 26.3. The number of fused-ring (bicyclic) bond motifs is 5. The van der Waals surface area contributed by atoms with Crippen LogP contribution in [0.3, 0.4) is 0 Å². The first-order valence-electron chi connectivity index (χ1n) is 23.1. The number of ether oxygens (including phenoxy) is 4. The van der Waals surface area contributed by atoms with E-state index in [0.717, 1.165) is 12.7 Å². The standard InChI is InChI=1S/C53H57ClN6O12/c1-32(47(62)57-33(2)51(66)69-3)56-48(63)43-25-39-23-37(19-21-42(39)54)38-20-22-46(70-29-34-13-7-4-8-14-34)40(24-38)26-44(60-53(68)72-31-36-17-11-6-12-18-36)49(64)59-45(50(65)58-43)27-41(61)28-55-52(67)71-30-35-15-9-5-10-16-35/h4-24,32-33,41,43-45,61H,25-31H2,1-3H3,(H,55,67)(H,56,63)(H,57,62)(H,58,65)(H,59,64)(H,60,68)/t32?,33-,41+,43-,44-,45-/m0/s1. The summed E-state index contributed by atoms with van der Waals surface area (Å²) >= 11 is 6.79. The van der Waals surface area contributed by atoms with Gasteiger partial charge in [0.15, 0.2) is 0 Å². The number of rotatable bonds is 17. The van der Waals surface area contributed by atoms with E-state index >= 15 is 0 Å². The summed E-state index contributed by atoms with van der Waals surface area (Å²) in [6, 6.07) is 30.8. The Labute approximate surface area is 421 Å². The van der Waals surface area contributed by atoms with Gasteiger partial charge in [0.1, 0.15) is 55.8 Å². The van der Waals surface area contributed by atoms with E-state index in [-0.39, 0.29) is 37.7 Å². The first kappa shape index (κ1) is 53.4. The highest BCUT2D eigenvalue weighted by atomic mass is 35.5. The molecular formula is C53H57ClN6O12. The van der Waals surface area contributed by atoms with Crippen molar-refractivity contribution in [1.82, 2.24) is 31.9 Å². The van der Waals surface area contributed by atoms with E-state index in [1.165, 1.54) is 13.8 Å². The van der Waals surface area contributed by atoms with Crippen LogP contribution in [0, 0.1) is 0 Å². The number of alkyl carbamates (subject to hydrolysis) is 2. The largest absolute Gasteiger partial charge is 0.489 e. The average molecular weight is 1010 g/mol. The molecule has 1 aliphatic heterocycles. The molecule has 0 spiro atoms. The Morgan fingerprint density at radius 2 is 1.25 bits per heavy atom. The molecule has 1 aliphatic rings. The molecule has 6 amide bonds. The number of hydrogen-bond acceptors (Lipinski definition) is 12. The molecule has 1 heterocycles. The number of hydrogen-bond donors (Lipinski definition) is 7. The van der Waals surface area contributed by atoms with Gasteiger partial charge in [-0.3, -0.25) is 19.2 Å². The van der Waals surface area contributed by atoms with Gasteiger partial charge in [0.2, 0.25) is 23.6 Å². The Morgan fingerprint density at radius 3 is 1.86 bits per heavy atom. The molecule has 5 aromatic rings. The van der Waals surface area contributed by atoms with Crippen molar-refractivity contribution < 1.29 is 57.6 Å². The minimum atomic E-state index is -1.64. The quantitative estimate of drug-likeness (QED) is 0.0490. The monoisotopic (exact) mass is 1000 g/mol. The number of carbonyl (C=O) groups excluding carboxylic acids is 7. The van der Waals surface area contributed by atoms with Crippen LogP contribution in [-0.4, -0.2) is 96.9 Å². The van der Waals surface area contributed by atoms with Crippen molar-refractivity contribution in [3.63, 3.8) is 0 Å². The van der Waals surface area contributed by atoms with Crippen molar-refractivity contribution >= 4 is 53.4 Å². The Kier molecular flexibility index (Phi) is 19.5. The van der Waals surface area contributed by atoms with Gasteiger partial charge in [-0.15, -0.1) is 0 Å². The molecule has 6 rings (SSSR count). The number of aliphatic hydroxyl groups excluding tert-OH is 1. The average Bonchev–Trinajstić information content (AvgIpc) is 3.38. The van der Waals surface area contributed by atoms with Gasteiger partial charge in [0, 0.05) is 30.8 Å². The van der Waals surface area contributed by atoms with Gasteiger partial charge in [0.25, 0.3) is 0 Å². The van der Waals surface area contributed by atoms with Crippen molar-refractivity contribution in [2.24, 2.45) is 0 Å². The van der Waals surface area contributed by atoms with Gasteiger partial charge in [-0.25, -0.2) is 14.4 Å². The third-order valence-electron chi connectivity index (χ3n) is 11.5. The lowest BCUT2D eigenvalue weighted by Gasteiger charge is -2.27. The minimum absolute atomic E-state index is 0.0606. The zero-order valence-electron chi connectivity index (χ0n) is 39.9. The predicted molar refractivity (Wildman–Crippen MR) is 265 cm³/mol. The Balaban J connectivity index is 1.36. The number of aliphatic hydroxyl groups is 1. The fraction of sp³-hybridized carbons (Fsp3) is 0.302. The predicted octanol–water partition coefficient (Wildman–Crippen LogP) is 4.81. The van der Waals surface area contributed by atoms with E-state index in [9.17, 15) is 38.7 Å². The van der Waals surface area contributed by atoms with Crippen LogP contribution in [0.15, 0.2) is 127 Å². The molecule has 6 atom stereocenters. The van der Waals surface area contributed by atoms with Crippen molar-refractivity contribution in [2.45, 2.75) is 89.2 Å². The Morgan fingerprint density at radius 1 is 0.681 bits per heavy atom. The lowest BCUT2D eigenvalue weighted by Crippen LogP contribution is -2.59. The fourth-order valence-electron chi connectivity index (χ4n) is 7.53. The normalized spacial score (nSPS) is 16.8. The van der Waals surface area contributed by atoms with Crippen LogP contribution in [0.4, 0.5) is 9.59 Å². The summed E-state index contributed by atoms with van der Waals surface area (Å²) in [5.74, 6) is -3.78. The molecule has 18 nitrogen and oxygen atoms in total.